The fourth-order valence-electron chi connectivity index (χ4n) is 6.84. The summed E-state index contributed by atoms with van der Waals surface area (Å²) in [5.74, 6) is -0.405. The van der Waals surface area contributed by atoms with Crippen LogP contribution in [0.2, 0.25) is 0 Å². The van der Waals surface area contributed by atoms with Crippen LogP contribution < -0.4 is 0 Å². The van der Waals surface area contributed by atoms with E-state index in [2.05, 4.69) is 45.1 Å². The first kappa shape index (κ1) is 52.4. The van der Waals surface area contributed by atoms with Crippen LogP contribution in [-0.4, -0.2) is 37.9 Å². The lowest BCUT2D eigenvalue weighted by molar-refractivity contribution is -0.163. The summed E-state index contributed by atoms with van der Waals surface area (Å²) in [6.07, 6.45) is 52.0. The van der Waals surface area contributed by atoms with Gasteiger partial charge in [-0.1, -0.05) is 199 Å². The smallest absolute Gasteiger partial charge is 0.306 e. The molecule has 0 aromatic rings. The summed E-state index contributed by atoms with van der Waals surface area (Å²) in [6, 6.07) is 0. The highest BCUT2D eigenvalue weighted by molar-refractivity contribution is 5.70. The molecule has 0 radical (unpaired) electrons. The van der Waals surface area contributed by atoms with E-state index < -0.39 is 6.10 Å². The minimum Gasteiger partial charge on any atom is -0.462 e. The SMILES string of the molecule is CCCC/C=C\CCCCCCCC(=O)OCC(COCCCCCCCCCCCC/C=C\CCCCCCCC)OC(=O)CCCCCCCCC. The average molecular weight is 761 g/mol. The van der Waals surface area contributed by atoms with Crippen molar-refractivity contribution < 1.29 is 23.8 Å². The molecule has 1 unspecified atom stereocenters. The summed E-state index contributed by atoms with van der Waals surface area (Å²) in [7, 11) is 0. The Morgan fingerprint density at radius 2 is 0.741 bits per heavy atom. The van der Waals surface area contributed by atoms with Gasteiger partial charge in [0.1, 0.15) is 6.61 Å². The van der Waals surface area contributed by atoms with Crippen LogP contribution in [0.1, 0.15) is 252 Å². The highest BCUT2D eigenvalue weighted by Crippen LogP contribution is 2.14. The number of ether oxygens (including phenoxy) is 3. The number of carbonyl (C=O) groups is 2. The first-order chi connectivity index (χ1) is 26.6. The standard InChI is InChI=1S/C49H92O5/c1-4-7-10-13-16-18-20-21-22-23-24-25-26-27-28-30-32-35-38-41-44-52-45-47(54-49(51)43-40-37-33-15-12-9-6-3)46-53-48(50)42-39-36-34-31-29-19-17-14-11-8-5-2/h14,17,21-22,47H,4-13,15-16,18-20,23-46H2,1-3H3/b17-14-,22-21-. The molecule has 318 valence electrons. The van der Waals surface area contributed by atoms with Crippen LogP contribution in [0.4, 0.5) is 0 Å². The van der Waals surface area contributed by atoms with Gasteiger partial charge in [0.2, 0.25) is 0 Å². The fraction of sp³-hybridized carbons (Fsp3) is 0.878. The van der Waals surface area contributed by atoms with E-state index in [9.17, 15) is 9.59 Å². The Balaban J connectivity index is 4.06. The Morgan fingerprint density at radius 3 is 1.19 bits per heavy atom. The normalized spacial score (nSPS) is 12.3. The molecule has 0 saturated heterocycles. The third-order valence-corrected chi connectivity index (χ3v) is 10.5. The second kappa shape index (κ2) is 45.8. The molecule has 0 aliphatic heterocycles. The van der Waals surface area contributed by atoms with Gasteiger partial charge in [-0.15, -0.1) is 0 Å². The number of hydrogen-bond acceptors (Lipinski definition) is 5. The summed E-state index contributed by atoms with van der Waals surface area (Å²) in [6.45, 7) is 7.77. The van der Waals surface area contributed by atoms with Gasteiger partial charge in [0.15, 0.2) is 6.10 Å². The van der Waals surface area contributed by atoms with Gasteiger partial charge in [0.25, 0.3) is 0 Å². The van der Waals surface area contributed by atoms with E-state index in [0.717, 1.165) is 44.9 Å². The summed E-state index contributed by atoms with van der Waals surface area (Å²) in [4.78, 5) is 25.1. The van der Waals surface area contributed by atoms with Gasteiger partial charge in [0.05, 0.1) is 6.61 Å². The number of hydrogen-bond donors (Lipinski definition) is 0. The fourth-order valence-corrected chi connectivity index (χ4v) is 6.84. The van der Waals surface area contributed by atoms with E-state index in [4.69, 9.17) is 14.2 Å². The number of carbonyl (C=O) groups excluding carboxylic acids is 2. The number of allylic oxidation sites excluding steroid dienone is 4. The van der Waals surface area contributed by atoms with Crippen LogP contribution in [0.25, 0.3) is 0 Å². The Labute approximate surface area is 337 Å². The second-order valence-corrected chi connectivity index (χ2v) is 16.0. The molecule has 5 nitrogen and oxygen atoms in total. The molecule has 0 aliphatic rings. The average Bonchev–Trinajstić information content (AvgIpc) is 3.17. The van der Waals surface area contributed by atoms with E-state index in [1.807, 2.05) is 0 Å². The lowest BCUT2D eigenvalue weighted by Gasteiger charge is -2.18. The lowest BCUT2D eigenvalue weighted by Crippen LogP contribution is -2.30. The van der Waals surface area contributed by atoms with Crippen LogP contribution in [0.15, 0.2) is 24.3 Å². The first-order valence-corrected chi connectivity index (χ1v) is 23.9. The van der Waals surface area contributed by atoms with Crippen molar-refractivity contribution >= 4 is 11.9 Å². The third-order valence-electron chi connectivity index (χ3n) is 10.5. The zero-order valence-electron chi connectivity index (χ0n) is 36.5. The summed E-state index contributed by atoms with van der Waals surface area (Å²) in [5, 5.41) is 0. The van der Waals surface area contributed by atoms with Crippen LogP contribution in [0.5, 0.6) is 0 Å². The van der Waals surface area contributed by atoms with Gasteiger partial charge >= 0.3 is 11.9 Å². The maximum absolute atomic E-state index is 12.6. The van der Waals surface area contributed by atoms with Crippen LogP contribution >= 0.6 is 0 Å². The van der Waals surface area contributed by atoms with Crippen molar-refractivity contribution in [2.24, 2.45) is 0 Å². The zero-order valence-corrected chi connectivity index (χ0v) is 36.5. The Morgan fingerprint density at radius 1 is 0.389 bits per heavy atom. The van der Waals surface area contributed by atoms with Gasteiger partial charge in [-0.25, -0.2) is 0 Å². The predicted molar refractivity (Wildman–Crippen MR) is 233 cm³/mol. The van der Waals surface area contributed by atoms with Crippen LogP contribution in [0, 0.1) is 0 Å². The van der Waals surface area contributed by atoms with Crippen molar-refractivity contribution in [1.82, 2.24) is 0 Å². The van der Waals surface area contributed by atoms with Gasteiger partial charge in [-0.3, -0.25) is 9.59 Å². The molecule has 0 fully saturated rings. The summed E-state index contributed by atoms with van der Waals surface area (Å²) in [5.41, 5.74) is 0. The molecule has 0 amide bonds. The minimum atomic E-state index is -0.530. The largest absolute Gasteiger partial charge is 0.462 e. The van der Waals surface area contributed by atoms with Crippen molar-refractivity contribution in [2.75, 3.05) is 19.8 Å². The molecular formula is C49H92O5. The van der Waals surface area contributed by atoms with Crippen LogP contribution in [0.3, 0.4) is 0 Å². The Bertz CT molecular complexity index is 821. The predicted octanol–water partition coefficient (Wildman–Crippen LogP) is 15.7. The second-order valence-electron chi connectivity index (χ2n) is 16.0. The molecule has 0 saturated carbocycles. The van der Waals surface area contributed by atoms with Crippen molar-refractivity contribution in [1.29, 1.82) is 0 Å². The van der Waals surface area contributed by atoms with E-state index >= 15 is 0 Å². The monoisotopic (exact) mass is 761 g/mol. The van der Waals surface area contributed by atoms with Gasteiger partial charge in [-0.05, 0) is 64.2 Å². The molecule has 5 heteroatoms. The molecule has 0 aliphatic carbocycles. The maximum Gasteiger partial charge on any atom is 0.306 e. The van der Waals surface area contributed by atoms with E-state index in [-0.39, 0.29) is 25.2 Å². The molecule has 0 aromatic heterocycles. The number of esters is 2. The van der Waals surface area contributed by atoms with Crippen molar-refractivity contribution in [3.8, 4) is 0 Å². The van der Waals surface area contributed by atoms with Gasteiger partial charge in [0, 0.05) is 19.4 Å². The molecule has 1 atom stereocenters. The first-order valence-electron chi connectivity index (χ1n) is 23.9. The lowest BCUT2D eigenvalue weighted by atomic mass is 10.1. The molecule has 0 bridgehead atoms. The Hall–Kier alpha value is -1.62. The van der Waals surface area contributed by atoms with E-state index in [0.29, 0.717) is 19.4 Å². The quantitative estimate of drug-likeness (QED) is 0.0352. The Kier molecular flexibility index (Phi) is 44.4. The zero-order chi connectivity index (χ0) is 39.3. The molecule has 0 rings (SSSR count). The third kappa shape index (κ3) is 43.1. The molecule has 0 N–H and O–H groups in total. The van der Waals surface area contributed by atoms with Crippen molar-refractivity contribution in [3.05, 3.63) is 24.3 Å². The van der Waals surface area contributed by atoms with Gasteiger partial charge < -0.3 is 14.2 Å². The van der Waals surface area contributed by atoms with Gasteiger partial charge in [-0.2, -0.15) is 0 Å². The summed E-state index contributed by atoms with van der Waals surface area (Å²) >= 11 is 0. The topological polar surface area (TPSA) is 61.8 Å². The number of rotatable bonds is 44. The molecular weight excluding hydrogens is 669 g/mol. The molecule has 0 spiro atoms. The van der Waals surface area contributed by atoms with E-state index in [1.165, 1.54) is 173 Å². The molecule has 0 aromatic carbocycles. The van der Waals surface area contributed by atoms with E-state index in [1.54, 1.807) is 0 Å². The summed E-state index contributed by atoms with van der Waals surface area (Å²) < 4.78 is 17.3. The molecule has 0 heterocycles. The van der Waals surface area contributed by atoms with Crippen molar-refractivity contribution in [2.45, 2.75) is 258 Å². The maximum atomic E-state index is 12.6. The van der Waals surface area contributed by atoms with Crippen LogP contribution in [-0.2, 0) is 23.8 Å². The molecule has 54 heavy (non-hydrogen) atoms. The van der Waals surface area contributed by atoms with Crippen molar-refractivity contribution in [3.63, 3.8) is 0 Å². The highest BCUT2D eigenvalue weighted by atomic mass is 16.6. The highest BCUT2D eigenvalue weighted by Gasteiger charge is 2.17. The number of unbranched alkanes of at least 4 members (excludes halogenated alkanes) is 29. The minimum absolute atomic E-state index is 0.0852.